The van der Waals surface area contributed by atoms with Crippen molar-refractivity contribution in [3.05, 3.63) is 0 Å². The number of sulfone groups is 1. The Hall–Kier alpha value is -0.180. The van der Waals surface area contributed by atoms with Crippen LogP contribution in [0.25, 0.3) is 0 Å². The Morgan fingerprint density at radius 1 is 1.22 bits per heavy atom. The lowest BCUT2D eigenvalue weighted by Gasteiger charge is -2.35. The molecule has 6 nitrogen and oxygen atoms in total. The average molecular weight is 298 g/mol. The molecule has 0 radical (unpaired) electrons. The van der Waals surface area contributed by atoms with E-state index in [2.05, 4.69) is 6.92 Å². The highest BCUT2D eigenvalue weighted by Crippen LogP contribution is 2.24. The van der Waals surface area contributed by atoms with E-state index in [0.29, 0.717) is 25.6 Å². The Kier molecular flexibility index (Phi) is 5.16. The molecule has 2 N–H and O–H groups in total. The summed E-state index contributed by atoms with van der Waals surface area (Å²) in [5.74, 6) is -0.0882. The van der Waals surface area contributed by atoms with Crippen molar-refractivity contribution in [2.75, 3.05) is 37.4 Å². The van der Waals surface area contributed by atoms with Gasteiger partial charge in [-0.3, -0.25) is 0 Å². The minimum absolute atomic E-state index is 0.159. The normalized spacial score (nSPS) is 27.3. The van der Waals surface area contributed by atoms with Crippen LogP contribution in [0.5, 0.6) is 0 Å². The van der Waals surface area contributed by atoms with Crippen LogP contribution in [-0.4, -0.2) is 58.5 Å². The van der Waals surface area contributed by atoms with E-state index in [4.69, 9.17) is 5.73 Å². The molecule has 1 fully saturated rings. The lowest BCUT2D eigenvalue weighted by Crippen LogP contribution is -2.46. The third-order valence-electron chi connectivity index (χ3n) is 3.48. The fourth-order valence-electron chi connectivity index (χ4n) is 2.06. The molecule has 1 aliphatic heterocycles. The minimum Gasteiger partial charge on any atom is -0.330 e. The van der Waals surface area contributed by atoms with Crippen LogP contribution in [0.1, 0.15) is 13.3 Å². The van der Waals surface area contributed by atoms with Gasteiger partial charge in [0.15, 0.2) is 0 Å². The molecule has 0 aliphatic carbocycles. The van der Waals surface area contributed by atoms with Crippen molar-refractivity contribution < 1.29 is 16.8 Å². The first-order chi connectivity index (χ1) is 8.15. The largest absolute Gasteiger partial charge is 0.330 e. The van der Waals surface area contributed by atoms with Gasteiger partial charge < -0.3 is 5.73 Å². The zero-order chi connectivity index (χ0) is 14.0. The molecule has 1 aliphatic rings. The Balaban J connectivity index is 2.68. The molecule has 1 heterocycles. The number of nitrogens with two attached hydrogens (primary N) is 1. The monoisotopic (exact) mass is 298 g/mol. The Morgan fingerprint density at radius 3 is 2.33 bits per heavy atom. The molecule has 0 aromatic carbocycles. The van der Waals surface area contributed by atoms with Crippen molar-refractivity contribution in [1.29, 1.82) is 0 Å². The second-order valence-corrected chi connectivity index (χ2v) is 9.41. The number of piperidine rings is 1. The first-order valence-corrected chi connectivity index (χ1v) is 9.68. The molecule has 2 atom stereocenters. The zero-order valence-electron chi connectivity index (χ0n) is 10.9. The van der Waals surface area contributed by atoms with Crippen molar-refractivity contribution in [3.8, 4) is 0 Å². The molecule has 0 aromatic rings. The summed E-state index contributed by atoms with van der Waals surface area (Å²) in [5.41, 5.74) is 5.63. The Labute approximate surface area is 110 Å². The number of hydrogen-bond acceptors (Lipinski definition) is 5. The SMILES string of the molecule is CC1CCN(S(=O)(=O)CCS(C)(=O)=O)CC1CN. The van der Waals surface area contributed by atoms with Crippen molar-refractivity contribution in [1.82, 2.24) is 4.31 Å². The summed E-state index contributed by atoms with van der Waals surface area (Å²) >= 11 is 0. The van der Waals surface area contributed by atoms with E-state index in [0.717, 1.165) is 12.7 Å². The van der Waals surface area contributed by atoms with E-state index < -0.39 is 19.9 Å². The van der Waals surface area contributed by atoms with Crippen LogP contribution in [0.15, 0.2) is 0 Å². The standard InChI is InChI=1S/C10H22N2O4S2/c1-9-3-4-12(8-10(9)7-11)18(15,16)6-5-17(2,13)14/h9-10H,3-8,11H2,1-2H3. The molecule has 0 saturated carbocycles. The summed E-state index contributed by atoms with van der Waals surface area (Å²) < 4.78 is 47.5. The molecule has 0 spiro atoms. The van der Waals surface area contributed by atoms with Crippen LogP contribution in [0.4, 0.5) is 0 Å². The highest BCUT2D eigenvalue weighted by molar-refractivity contribution is 7.93. The number of hydrogen-bond donors (Lipinski definition) is 1. The fourth-order valence-corrected chi connectivity index (χ4v) is 5.18. The van der Waals surface area contributed by atoms with Gasteiger partial charge in [0.05, 0.1) is 11.5 Å². The smallest absolute Gasteiger partial charge is 0.215 e. The van der Waals surface area contributed by atoms with Gasteiger partial charge >= 0.3 is 0 Å². The van der Waals surface area contributed by atoms with E-state index in [-0.39, 0.29) is 17.4 Å². The third kappa shape index (κ3) is 4.49. The fraction of sp³-hybridized carbons (Fsp3) is 1.00. The van der Waals surface area contributed by atoms with E-state index in [9.17, 15) is 16.8 Å². The third-order valence-corrected chi connectivity index (χ3v) is 6.53. The van der Waals surface area contributed by atoms with E-state index >= 15 is 0 Å². The molecule has 0 amide bonds. The van der Waals surface area contributed by atoms with Crippen LogP contribution in [0.3, 0.4) is 0 Å². The second kappa shape index (κ2) is 5.85. The molecule has 8 heteroatoms. The molecular weight excluding hydrogens is 276 g/mol. The maximum atomic E-state index is 12.0. The van der Waals surface area contributed by atoms with Gasteiger partial charge in [0, 0.05) is 19.3 Å². The van der Waals surface area contributed by atoms with Crippen molar-refractivity contribution >= 4 is 19.9 Å². The van der Waals surface area contributed by atoms with Crippen LogP contribution in [0, 0.1) is 11.8 Å². The van der Waals surface area contributed by atoms with Gasteiger partial charge in [0.25, 0.3) is 0 Å². The van der Waals surface area contributed by atoms with Crippen LogP contribution in [-0.2, 0) is 19.9 Å². The molecule has 1 saturated heterocycles. The maximum absolute atomic E-state index is 12.0. The van der Waals surface area contributed by atoms with Crippen molar-refractivity contribution in [2.45, 2.75) is 13.3 Å². The Bertz CT molecular complexity index is 472. The predicted molar refractivity (Wildman–Crippen MR) is 71.4 cm³/mol. The molecule has 1 rings (SSSR count). The van der Waals surface area contributed by atoms with Gasteiger partial charge in [-0.2, -0.15) is 0 Å². The first kappa shape index (κ1) is 15.9. The lowest BCUT2D eigenvalue weighted by atomic mass is 9.88. The summed E-state index contributed by atoms with van der Waals surface area (Å²) in [4.78, 5) is 0. The maximum Gasteiger partial charge on any atom is 0.215 e. The Morgan fingerprint density at radius 2 is 1.83 bits per heavy atom. The van der Waals surface area contributed by atoms with E-state index in [1.54, 1.807) is 0 Å². The van der Waals surface area contributed by atoms with Crippen molar-refractivity contribution in [3.63, 3.8) is 0 Å². The summed E-state index contributed by atoms with van der Waals surface area (Å²) in [7, 11) is -6.74. The van der Waals surface area contributed by atoms with Crippen LogP contribution < -0.4 is 5.73 Å². The molecule has 0 bridgehead atoms. The quantitative estimate of drug-likeness (QED) is 0.722. The number of sulfonamides is 1. The van der Waals surface area contributed by atoms with Crippen LogP contribution >= 0.6 is 0 Å². The minimum atomic E-state index is -3.48. The lowest BCUT2D eigenvalue weighted by molar-refractivity contribution is 0.203. The second-order valence-electron chi connectivity index (χ2n) is 5.07. The van der Waals surface area contributed by atoms with Gasteiger partial charge in [0.1, 0.15) is 9.84 Å². The summed E-state index contributed by atoms with van der Waals surface area (Å²) in [6, 6.07) is 0. The number of nitrogens with zero attached hydrogens (tertiary/aromatic N) is 1. The van der Waals surface area contributed by atoms with Gasteiger partial charge in [-0.15, -0.1) is 0 Å². The van der Waals surface area contributed by atoms with Gasteiger partial charge in [-0.25, -0.2) is 21.1 Å². The number of rotatable bonds is 5. The summed E-state index contributed by atoms with van der Waals surface area (Å²) in [5, 5.41) is 0. The molecule has 18 heavy (non-hydrogen) atoms. The molecule has 108 valence electrons. The van der Waals surface area contributed by atoms with Crippen LogP contribution in [0.2, 0.25) is 0 Å². The van der Waals surface area contributed by atoms with E-state index in [1.165, 1.54) is 4.31 Å². The topological polar surface area (TPSA) is 97.5 Å². The summed E-state index contributed by atoms with van der Waals surface area (Å²) in [6.45, 7) is 3.39. The highest BCUT2D eigenvalue weighted by atomic mass is 32.2. The van der Waals surface area contributed by atoms with Gasteiger partial charge in [0.2, 0.25) is 10.0 Å². The van der Waals surface area contributed by atoms with E-state index in [1.807, 2.05) is 0 Å². The molecule has 2 unspecified atom stereocenters. The average Bonchev–Trinajstić information content (AvgIpc) is 2.26. The molecular formula is C10H22N2O4S2. The highest BCUT2D eigenvalue weighted by Gasteiger charge is 2.32. The van der Waals surface area contributed by atoms with Gasteiger partial charge in [-0.1, -0.05) is 6.92 Å². The van der Waals surface area contributed by atoms with Crippen molar-refractivity contribution in [2.24, 2.45) is 17.6 Å². The van der Waals surface area contributed by atoms with Gasteiger partial charge in [-0.05, 0) is 24.8 Å². The predicted octanol–water partition coefficient (Wildman–Crippen LogP) is -0.722. The summed E-state index contributed by atoms with van der Waals surface area (Å²) in [6.07, 6.45) is 1.82. The first-order valence-electron chi connectivity index (χ1n) is 6.01. The molecule has 0 aromatic heterocycles. The zero-order valence-corrected chi connectivity index (χ0v) is 12.5.